The summed E-state index contributed by atoms with van der Waals surface area (Å²) in [5.74, 6) is 1.31. The molecule has 4 aromatic rings. The standard InChI is InChI=1S/C28H27BrN4/c1-3-4-8-21-11-13-22(14-12-21)20(2)32-33-27-19-26(23-9-6-5-7-10-23)30-28(31-27)24-15-17-25(29)18-16-24/h5-7,9-19H,3-4,8H2,1-2H3,(H,30,31,33)/b32-20+. The summed E-state index contributed by atoms with van der Waals surface area (Å²) in [5.41, 5.74) is 9.34. The number of nitrogens with one attached hydrogen (secondary N) is 1. The van der Waals surface area contributed by atoms with Crippen LogP contribution in [0.15, 0.2) is 94.5 Å². The maximum atomic E-state index is 4.81. The molecule has 0 atom stereocenters. The first kappa shape index (κ1) is 22.9. The van der Waals surface area contributed by atoms with Crippen LogP contribution in [0, 0.1) is 0 Å². The van der Waals surface area contributed by atoms with Gasteiger partial charge in [0.2, 0.25) is 0 Å². The molecule has 1 heterocycles. The number of aromatic nitrogens is 2. The van der Waals surface area contributed by atoms with Gasteiger partial charge in [0.1, 0.15) is 0 Å². The Kier molecular flexibility index (Phi) is 7.63. The van der Waals surface area contributed by atoms with Crippen LogP contribution in [0.4, 0.5) is 5.82 Å². The van der Waals surface area contributed by atoms with Crippen molar-refractivity contribution in [3.05, 3.63) is 101 Å². The van der Waals surface area contributed by atoms with Gasteiger partial charge in [0.25, 0.3) is 0 Å². The van der Waals surface area contributed by atoms with Gasteiger partial charge >= 0.3 is 0 Å². The highest BCUT2D eigenvalue weighted by Crippen LogP contribution is 2.25. The lowest BCUT2D eigenvalue weighted by atomic mass is 10.0. The van der Waals surface area contributed by atoms with Crippen molar-refractivity contribution in [2.75, 3.05) is 5.43 Å². The lowest BCUT2D eigenvalue weighted by Crippen LogP contribution is -2.03. The fourth-order valence-corrected chi connectivity index (χ4v) is 3.75. The van der Waals surface area contributed by atoms with Gasteiger partial charge in [-0.05, 0) is 43.0 Å². The monoisotopic (exact) mass is 498 g/mol. The van der Waals surface area contributed by atoms with E-state index in [4.69, 9.17) is 9.97 Å². The number of hydrazone groups is 1. The number of hydrogen-bond acceptors (Lipinski definition) is 4. The Morgan fingerprint density at radius 2 is 1.61 bits per heavy atom. The first-order valence-electron chi connectivity index (χ1n) is 11.2. The molecule has 0 aliphatic heterocycles. The molecule has 0 fully saturated rings. The molecule has 0 unspecified atom stereocenters. The Morgan fingerprint density at radius 1 is 0.879 bits per heavy atom. The zero-order valence-corrected chi connectivity index (χ0v) is 20.5. The number of rotatable bonds is 8. The van der Waals surface area contributed by atoms with Gasteiger partial charge in [-0.2, -0.15) is 5.10 Å². The van der Waals surface area contributed by atoms with Gasteiger partial charge in [-0.3, -0.25) is 5.43 Å². The zero-order chi connectivity index (χ0) is 23.0. The molecule has 0 saturated carbocycles. The van der Waals surface area contributed by atoms with Crippen LogP contribution in [0.2, 0.25) is 0 Å². The van der Waals surface area contributed by atoms with E-state index in [1.807, 2.05) is 67.6 Å². The van der Waals surface area contributed by atoms with Gasteiger partial charge in [-0.1, -0.05) is 96.0 Å². The van der Waals surface area contributed by atoms with E-state index in [-0.39, 0.29) is 0 Å². The lowest BCUT2D eigenvalue weighted by molar-refractivity contribution is 0.795. The fraction of sp³-hybridized carbons (Fsp3) is 0.179. The van der Waals surface area contributed by atoms with Crippen molar-refractivity contribution < 1.29 is 0 Å². The van der Waals surface area contributed by atoms with Crippen molar-refractivity contribution in [1.29, 1.82) is 0 Å². The molecule has 0 amide bonds. The summed E-state index contributed by atoms with van der Waals surface area (Å²) in [4.78, 5) is 9.54. The Hall–Kier alpha value is -3.31. The van der Waals surface area contributed by atoms with Crippen LogP contribution < -0.4 is 5.43 Å². The minimum absolute atomic E-state index is 0.652. The van der Waals surface area contributed by atoms with E-state index in [1.165, 1.54) is 18.4 Å². The van der Waals surface area contributed by atoms with Crippen LogP contribution in [0.3, 0.4) is 0 Å². The average molecular weight is 499 g/mol. The molecule has 0 aliphatic rings. The molecular formula is C28H27BrN4. The number of halogens is 1. The SMILES string of the molecule is CCCCc1ccc(/C(C)=N/Nc2cc(-c3ccccc3)nc(-c3ccc(Br)cc3)n2)cc1. The van der Waals surface area contributed by atoms with Crippen LogP contribution in [0.1, 0.15) is 37.8 Å². The van der Waals surface area contributed by atoms with Crippen molar-refractivity contribution in [3.8, 4) is 22.6 Å². The van der Waals surface area contributed by atoms with Crippen LogP contribution in [0.5, 0.6) is 0 Å². The molecule has 0 bridgehead atoms. The molecule has 3 aromatic carbocycles. The summed E-state index contributed by atoms with van der Waals surface area (Å²) >= 11 is 3.49. The van der Waals surface area contributed by atoms with Gasteiger partial charge in [0, 0.05) is 21.7 Å². The lowest BCUT2D eigenvalue weighted by Gasteiger charge is -2.09. The molecule has 0 radical (unpaired) electrons. The van der Waals surface area contributed by atoms with Crippen LogP contribution in [-0.2, 0) is 6.42 Å². The van der Waals surface area contributed by atoms with E-state index < -0.39 is 0 Å². The van der Waals surface area contributed by atoms with Crippen molar-refractivity contribution in [2.45, 2.75) is 33.1 Å². The molecular weight excluding hydrogens is 472 g/mol. The number of hydrogen-bond donors (Lipinski definition) is 1. The summed E-state index contributed by atoms with van der Waals surface area (Å²) in [6.45, 7) is 4.22. The van der Waals surface area contributed by atoms with E-state index in [0.717, 1.165) is 39.0 Å². The van der Waals surface area contributed by atoms with E-state index in [9.17, 15) is 0 Å². The third kappa shape index (κ3) is 6.14. The van der Waals surface area contributed by atoms with Gasteiger partial charge in [0.05, 0.1) is 11.4 Å². The number of aryl methyl sites for hydroxylation is 1. The molecule has 4 rings (SSSR count). The summed E-state index contributed by atoms with van der Waals surface area (Å²) in [6, 6.07) is 28.7. The van der Waals surface area contributed by atoms with Crippen molar-refractivity contribution in [3.63, 3.8) is 0 Å². The highest BCUT2D eigenvalue weighted by molar-refractivity contribution is 9.10. The summed E-state index contributed by atoms with van der Waals surface area (Å²) in [6.07, 6.45) is 3.54. The number of unbranched alkanes of at least 4 members (excludes halogenated alkanes) is 1. The van der Waals surface area contributed by atoms with E-state index in [2.05, 4.69) is 57.6 Å². The minimum Gasteiger partial charge on any atom is -0.261 e. The first-order valence-corrected chi connectivity index (χ1v) is 12.0. The van der Waals surface area contributed by atoms with Crippen molar-refractivity contribution in [2.24, 2.45) is 5.10 Å². The molecule has 0 spiro atoms. The second-order valence-corrected chi connectivity index (χ2v) is 8.86. The topological polar surface area (TPSA) is 50.2 Å². The van der Waals surface area contributed by atoms with E-state index >= 15 is 0 Å². The van der Waals surface area contributed by atoms with Crippen LogP contribution in [-0.4, -0.2) is 15.7 Å². The summed E-state index contributed by atoms with van der Waals surface area (Å²) < 4.78 is 1.02. The van der Waals surface area contributed by atoms with Gasteiger partial charge in [-0.15, -0.1) is 0 Å². The molecule has 0 aliphatic carbocycles. The van der Waals surface area contributed by atoms with E-state index in [0.29, 0.717) is 11.6 Å². The normalized spacial score (nSPS) is 11.4. The van der Waals surface area contributed by atoms with Crippen LogP contribution >= 0.6 is 15.9 Å². The second kappa shape index (κ2) is 11.0. The fourth-order valence-electron chi connectivity index (χ4n) is 3.49. The smallest absolute Gasteiger partial charge is 0.162 e. The first-order chi connectivity index (χ1) is 16.1. The number of benzene rings is 3. The van der Waals surface area contributed by atoms with Crippen molar-refractivity contribution >= 4 is 27.5 Å². The van der Waals surface area contributed by atoms with Crippen LogP contribution in [0.25, 0.3) is 22.6 Å². The summed E-state index contributed by atoms with van der Waals surface area (Å²) in [5, 5.41) is 4.61. The molecule has 166 valence electrons. The number of anilines is 1. The third-order valence-electron chi connectivity index (χ3n) is 5.43. The van der Waals surface area contributed by atoms with Gasteiger partial charge in [-0.25, -0.2) is 9.97 Å². The molecule has 0 saturated heterocycles. The highest BCUT2D eigenvalue weighted by Gasteiger charge is 2.09. The van der Waals surface area contributed by atoms with Gasteiger partial charge < -0.3 is 0 Å². The summed E-state index contributed by atoms with van der Waals surface area (Å²) in [7, 11) is 0. The highest BCUT2D eigenvalue weighted by atomic mass is 79.9. The Balaban J connectivity index is 1.62. The van der Waals surface area contributed by atoms with E-state index in [1.54, 1.807) is 0 Å². The number of nitrogens with zero attached hydrogens (tertiary/aromatic N) is 3. The Morgan fingerprint density at radius 3 is 2.30 bits per heavy atom. The quantitative estimate of drug-likeness (QED) is 0.199. The molecule has 33 heavy (non-hydrogen) atoms. The molecule has 1 N–H and O–H groups in total. The molecule has 1 aromatic heterocycles. The zero-order valence-electron chi connectivity index (χ0n) is 18.9. The maximum absolute atomic E-state index is 4.81. The Bertz CT molecular complexity index is 1220. The molecule has 4 nitrogen and oxygen atoms in total. The second-order valence-electron chi connectivity index (χ2n) is 7.94. The predicted octanol–water partition coefficient (Wildman–Crippen LogP) is 7.75. The Labute approximate surface area is 204 Å². The predicted molar refractivity (Wildman–Crippen MR) is 141 cm³/mol. The third-order valence-corrected chi connectivity index (χ3v) is 5.96. The maximum Gasteiger partial charge on any atom is 0.162 e. The molecule has 5 heteroatoms. The van der Waals surface area contributed by atoms with Gasteiger partial charge in [0.15, 0.2) is 11.6 Å². The average Bonchev–Trinajstić information content (AvgIpc) is 2.87. The largest absolute Gasteiger partial charge is 0.261 e. The van der Waals surface area contributed by atoms with Crippen molar-refractivity contribution in [1.82, 2.24) is 9.97 Å². The minimum atomic E-state index is 0.652.